The number of aromatic hydroxyl groups is 2. The maximum atomic E-state index is 13.1. The number of hydrogen-bond donors (Lipinski definition) is 3. The molecule has 38 heavy (non-hydrogen) atoms. The lowest BCUT2D eigenvalue weighted by Crippen LogP contribution is -2.28. The van der Waals surface area contributed by atoms with Gasteiger partial charge in [-0.3, -0.25) is 4.79 Å². The molecule has 3 N–H and O–H groups in total. The highest BCUT2D eigenvalue weighted by Gasteiger charge is 2.29. The first kappa shape index (κ1) is 26.4. The Hall–Kier alpha value is -4.66. The molecule has 0 fully saturated rings. The number of fused-ring (bicyclic) bond motifs is 1. The Morgan fingerprint density at radius 1 is 0.947 bits per heavy atom. The first-order valence-electron chi connectivity index (χ1n) is 12.0. The van der Waals surface area contributed by atoms with Crippen LogP contribution in [-0.4, -0.2) is 44.0 Å². The number of methoxy groups -OCH3 is 3. The molecule has 9 heteroatoms. The molecule has 0 aliphatic heterocycles. The number of phenols is 1. The molecule has 0 aliphatic rings. The van der Waals surface area contributed by atoms with Gasteiger partial charge in [-0.05, 0) is 53.9 Å². The number of benzene rings is 3. The van der Waals surface area contributed by atoms with Crippen LogP contribution in [-0.2, 0) is 11.2 Å². The first-order chi connectivity index (χ1) is 18.4. The van der Waals surface area contributed by atoms with Crippen molar-refractivity contribution in [3.8, 4) is 28.7 Å². The maximum absolute atomic E-state index is 13.1. The molecule has 4 rings (SSSR count). The average molecular weight is 520 g/mol. The molecule has 3 aromatic carbocycles. The standard InChI is InChI=1S/C29H29NO8/c1-35-23-14-18(15-24(36-2)28(23)37-3)21(16-25(32)30-13-12-17-8-10-19(31)11-9-17)26-27(33)20-6-4-5-7-22(20)38-29(26)34/h4-11,14-15,21,31,33H,12-13,16H2,1-3H3,(H,30,32). The largest absolute Gasteiger partial charge is 0.508 e. The van der Waals surface area contributed by atoms with Crippen LogP contribution >= 0.6 is 0 Å². The van der Waals surface area contributed by atoms with Crippen molar-refractivity contribution in [2.24, 2.45) is 0 Å². The fourth-order valence-electron chi connectivity index (χ4n) is 4.41. The second kappa shape index (κ2) is 11.6. The number of hydrogen-bond acceptors (Lipinski definition) is 8. The van der Waals surface area contributed by atoms with Gasteiger partial charge in [0.1, 0.15) is 17.1 Å². The summed E-state index contributed by atoms with van der Waals surface area (Å²) in [4.78, 5) is 26.3. The van der Waals surface area contributed by atoms with Crippen molar-refractivity contribution in [3.05, 3.63) is 87.8 Å². The van der Waals surface area contributed by atoms with E-state index in [2.05, 4.69) is 5.32 Å². The van der Waals surface area contributed by atoms with E-state index in [1.807, 2.05) is 0 Å². The third kappa shape index (κ3) is 5.51. The Bertz CT molecular complexity index is 1470. The van der Waals surface area contributed by atoms with Crippen LogP contribution in [0.15, 0.2) is 69.9 Å². The highest BCUT2D eigenvalue weighted by Crippen LogP contribution is 2.43. The van der Waals surface area contributed by atoms with Gasteiger partial charge < -0.3 is 34.2 Å². The van der Waals surface area contributed by atoms with Gasteiger partial charge in [-0.1, -0.05) is 24.3 Å². The quantitative estimate of drug-likeness (QED) is 0.267. The molecule has 0 radical (unpaired) electrons. The van der Waals surface area contributed by atoms with Crippen molar-refractivity contribution in [1.82, 2.24) is 5.32 Å². The van der Waals surface area contributed by atoms with Crippen molar-refractivity contribution >= 4 is 16.9 Å². The van der Waals surface area contributed by atoms with Gasteiger partial charge in [0.05, 0.1) is 32.3 Å². The lowest BCUT2D eigenvalue weighted by molar-refractivity contribution is -0.121. The summed E-state index contributed by atoms with van der Waals surface area (Å²) in [5.74, 6) is -0.292. The maximum Gasteiger partial charge on any atom is 0.343 e. The first-order valence-corrected chi connectivity index (χ1v) is 12.0. The zero-order valence-electron chi connectivity index (χ0n) is 21.3. The topological polar surface area (TPSA) is 127 Å². The van der Waals surface area contributed by atoms with E-state index in [1.165, 1.54) is 21.3 Å². The van der Waals surface area contributed by atoms with Crippen LogP contribution in [0.3, 0.4) is 0 Å². The van der Waals surface area contributed by atoms with Crippen molar-refractivity contribution in [2.75, 3.05) is 27.9 Å². The molecule has 0 spiro atoms. The Morgan fingerprint density at radius 3 is 2.24 bits per heavy atom. The van der Waals surface area contributed by atoms with E-state index >= 15 is 0 Å². The van der Waals surface area contributed by atoms with E-state index in [9.17, 15) is 19.8 Å². The molecular formula is C29H29NO8. The molecule has 0 saturated heterocycles. The van der Waals surface area contributed by atoms with E-state index in [1.54, 1.807) is 60.7 Å². The summed E-state index contributed by atoms with van der Waals surface area (Å²) in [6, 6.07) is 16.6. The lowest BCUT2D eigenvalue weighted by atomic mass is 9.87. The molecule has 198 valence electrons. The van der Waals surface area contributed by atoms with Crippen LogP contribution in [0, 0.1) is 0 Å². The summed E-state index contributed by atoms with van der Waals surface area (Å²) >= 11 is 0. The zero-order chi connectivity index (χ0) is 27.2. The van der Waals surface area contributed by atoms with Gasteiger partial charge in [-0.15, -0.1) is 0 Å². The van der Waals surface area contributed by atoms with Gasteiger partial charge >= 0.3 is 5.63 Å². The van der Waals surface area contributed by atoms with Gasteiger partial charge in [-0.2, -0.15) is 0 Å². The van der Waals surface area contributed by atoms with Crippen molar-refractivity contribution in [1.29, 1.82) is 0 Å². The molecule has 0 aliphatic carbocycles. The van der Waals surface area contributed by atoms with Crippen molar-refractivity contribution in [3.63, 3.8) is 0 Å². The van der Waals surface area contributed by atoms with E-state index in [0.717, 1.165) is 5.56 Å². The van der Waals surface area contributed by atoms with E-state index in [4.69, 9.17) is 18.6 Å². The second-order valence-electron chi connectivity index (χ2n) is 8.63. The predicted molar refractivity (Wildman–Crippen MR) is 142 cm³/mol. The summed E-state index contributed by atoms with van der Waals surface area (Å²) in [6.07, 6.45) is 0.384. The average Bonchev–Trinajstić information content (AvgIpc) is 2.92. The van der Waals surface area contributed by atoms with Crippen LogP contribution in [0.4, 0.5) is 0 Å². The SMILES string of the molecule is COc1cc(C(CC(=O)NCCc2ccc(O)cc2)c2c(O)c3ccccc3oc2=O)cc(OC)c1OC. The molecule has 1 amide bonds. The van der Waals surface area contributed by atoms with E-state index in [-0.39, 0.29) is 35.0 Å². The third-order valence-corrected chi connectivity index (χ3v) is 6.32. The predicted octanol–water partition coefficient (Wildman–Crippen LogP) is 4.11. The van der Waals surface area contributed by atoms with Crippen LogP contribution in [0.1, 0.15) is 29.0 Å². The van der Waals surface area contributed by atoms with E-state index < -0.39 is 11.5 Å². The normalized spacial score (nSPS) is 11.7. The summed E-state index contributed by atoms with van der Waals surface area (Å²) < 4.78 is 21.9. The van der Waals surface area contributed by atoms with Gasteiger partial charge in [0.2, 0.25) is 11.7 Å². The number of para-hydroxylation sites is 1. The lowest BCUT2D eigenvalue weighted by Gasteiger charge is -2.21. The van der Waals surface area contributed by atoms with Gasteiger partial charge in [0.15, 0.2) is 11.5 Å². The van der Waals surface area contributed by atoms with Crippen molar-refractivity contribution in [2.45, 2.75) is 18.8 Å². The van der Waals surface area contributed by atoms with Crippen LogP contribution in [0.5, 0.6) is 28.7 Å². The molecule has 1 heterocycles. The number of carbonyl (C=O) groups excluding carboxylic acids is 1. The minimum atomic E-state index is -0.891. The number of phenolic OH excluding ortho intramolecular Hbond substituents is 1. The van der Waals surface area contributed by atoms with Crippen molar-refractivity contribution < 1.29 is 33.6 Å². The van der Waals surface area contributed by atoms with Gasteiger partial charge in [0, 0.05) is 18.9 Å². The summed E-state index contributed by atoms with van der Waals surface area (Å²) in [7, 11) is 4.41. The van der Waals surface area contributed by atoms with Crippen LogP contribution in [0.25, 0.3) is 11.0 Å². The highest BCUT2D eigenvalue weighted by atomic mass is 16.5. The van der Waals surface area contributed by atoms with Crippen LogP contribution < -0.4 is 25.2 Å². The summed E-state index contributed by atoms with van der Waals surface area (Å²) in [6.45, 7) is 0.337. The monoisotopic (exact) mass is 519 g/mol. The molecule has 1 atom stereocenters. The third-order valence-electron chi connectivity index (χ3n) is 6.32. The molecular weight excluding hydrogens is 490 g/mol. The molecule has 1 unspecified atom stereocenters. The number of ether oxygens (including phenoxy) is 3. The minimum Gasteiger partial charge on any atom is -0.508 e. The number of carbonyl (C=O) groups is 1. The Labute approximate surface area is 219 Å². The summed E-state index contributed by atoms with van der Waals surface area (Å²) in [5, 5.41) is 23.9. The molecule has 9 nitrogen and oxygen atoms in total. The van der Waals surface area contributed by atoms with Gasteiger partial charge in [0.25, 0.3) is 0 Å². The Balaban J connectivity index is 1.72. The number of rotatable bonds is 10. The Morgan fingerprint density at radius 2 is 1.61 bits per heavy atom. The second-order valence-corrected chi connectivity index (χ2v) is 8.63. The fraction of sp³-hybridized carbons (Fsp3) is 0.241. The zero-order valence-corrected chi connectivity index (χ0v) is 21.3. The molecule has 0 bridgehead atoms. The molecule has 1 aromatic heterocycles. The number of nitrogens with one attached hydrogen (secondary N) is 1. The van der Waals surface area contributed by atoms with Gasteiger partial charge in [-0.25, -0.2) is 4.79 Å². The highest BCUT2D eigenvalue weighted by molar-refractivity contribution is 5.85. The summed E-state index contributed by atoms with van der Waals surface area (Å²) in [5.41, 5.74) is 0.868. The fourth-order valence-corrected chi connectivity index (χ4v) is 4.41. The van der Waals surface area contributed by atoms with E-state index in [0.29, 0.717) is 41.2 Å². The smallest absolute Gasteiger partial charge is 0.343 e. The Kier molecular flexibility index (Phi) is 8.06. The molecule has 4 aromatic rings. The number of amides is 1. The minimum absolute atomic E-state index is 0.0494. The molecule has 0 saturated carbocycles. The van der Waals surface area contributed by atoms with Crippen LogP contribution in [0.2, 0.25) is 0 Å².